The van der Waals surface area contributed by atoms with Gasteiger partial charge in [-0.2, -0.15) is 26.3 Å². The Morgan fingerprint density at radius 1 is 0.760 bits per heavy atom. The highest BCUT2D eigenvalue weighted by Gasteiger charge is 2.31. The molecule has 138 valence electrons. The lowest BCUT2D eigenvalue weighted by Crippen LogP contribution is -2.04. The van der Waals surface area contributed by atoms with E-state index in [-0.39, 0.29) is 0 Å². The molecule has 0 N–H and O–H groups in total. The molecule has 0 radical (unpaired) electrons. The number of benzene rings is 2. The van der Waals surface area contributed by atoms with E-state index in [1.54, 1.807) is 6.92 Å². The van der Waals surface area contributed by atoms with E-state index < -0.39 is 23.5 Å². The van der Waals surface area contributed by atoms with Gasteiger partial charge >= 0.3 is 12.4 Å². The molecule has 0 bridgehead atoms. The van der Waals surface area contributed by atoms with E-state index in [1.165, 1.54) is 12.1 Å². The highest BCUT2D eigenvalue weighted by atomic mass is 79.9. The third kappa shape index (κ3) is 6.94. The fourth-order valence-corrected chi connectivity index (χ4v) is 3.36. The first-order valence-electron chi connectivity index (χ1n) is 6.61. The zero-order chi connectivity index (χ0) is 19.4. The molecule has 0 aliphatic carbocycles. The van der Waals surface area contributed by atoms with Crippen molar-refractivity contribution in [2.45, 2.75) is 24.6 Å². The molecular formula is C16H11Br3F6. The predicted octanol–water partition coefficient (Wildman–Crippen LogP) is 8.14. The first-order valence-corrected chi connectivity index (χ1v) is 9.32. The lowest BCUT2D eigenvalue weighted by atomic mass is 10.1. The second-order valence-electron chi connectivity index (χ2n) is 4.90. The largest absolute Gasteiger partial charge is 0.416 e. The Kier molecular flexibility index (Phi) is 8.01. The minimum absolute atomic E-state index is 0.471. The quantitative estimate of drug-likeness (QED) is 0.246. The zero-order valence-corrected chi connectivity index (χ0v) is 17.3. The van der Waals surface area contributed by atoms with Crippen molar-refractivity contribution < 1.29 is 26.3 Å². The lowest BCUT2D eigenvalue weighted by Gasteiger charge is -2.08. The smallest absolute Gasteiger partial charge is 0.166 e. The van der Waals surface area contributed by atoms with E-state index in [2.05, 4.69) is 47.8 Å². The van der Waals surface area contributed by atoms with Crippen molar-refractivity contribution in [3.8, 4) is 0 Å². The van der Waals surface area contributed by atoms with E-state index in [0.29, 0.717) is 14.3 Å². The van der Waals surface area contributed by atoms with Crippen molar-refractivity contribution in [3.05, 3.63) is 67.6 Å². The molecule has 0 atom stereocenters. The van der Waals surface area contributed by atoms with Gasteiger partial charge in [-0.3, -0.25) is 0 Å². The van der Waals surface area contributed by atoms with Crippen LogP contribution in [-0.4, -0.2) is 0 Å². The van der Waals surface area contributed by atoms with Gasteiger partial charge in [-0.1, -0.05) is 59.9 Å². The molecule has 0 amide bonds. The van der Waals surface area contributed by atoms with Crippen LogP contribution < -0.4 is 0 Å². The van der Waals surface area contributed by atoms with E-state index in [0.717, 1.165) is 35.4 Å². The van der Waals surface area contributed by atoms with Crippen LogP contribution >= 0.6 is 47.8 Å². The van der Waals surface area contributed by atoms with E-state index in [1.807, 2.05) is 0 Å². The Bertz CT molecular complexity index is 723. The summed E-state index contributed by atoms with van der Waals surface area (Å²) < 4.78 is 73.7. The molecule has 0 heterocycles. The van der Waals surface area contributed by atoms with Crippen molar-refractivity contribution >= 4 is 47.8 Å². The van der Waals surface area contributed by atoms with Crippen LogP contribution in [-0.2, 0) is 17.7 Å². The summed E-state index contributed by atoms with van der Waals surface area (Å²) >= 11 is 9.28. The van der Waals surface area contributed by atoms with Gasteiger partial charge in [0, 0.05) is 14.3 Å². The number of halogens is 9. The maximum Gasteiger partial charge on any atom is 0.416 e. The molecule has 2 aromatic rings. The fraction of sp³-hybridized carbons (Fsp3) is 0.250. The van der Waals surface area contributed by atoms with Crippen LogP contribution in [0, 0.1) is 6.92 Å². The van der Waals surface area contributed by atoms with Gasteiger partial charge in [-0.25, -0.2) is 0 Å². The highest BCUT2D eigenvalue weighted by Crippen LogP contribution is 2.33. The fourth-order valence-electron chi connectivity index (χ4n) is 1.60. The van der Waals surface area contributed by atoms with Crippen LogP contribution in [0.1, 0.15) is 22.3 Å². The van der Waals surface area contributed by atoms with Crippen LogP contribution in [0.15, 0.2) is 45.3 Å². The minimum Gasteiger partial charge on any atom is -0.166 e. The average Bonchev–Trinajstić information content (AvgIpc) is 2.48. The van der Waals surface area contributed by atoms with Gasteiger partial charge in [-0.15, -0.1) is 0 Å². The zero-order valence-electron chi connectivity index (χ0n) is 12.6. The van der Waals surface area contributed by atoms with Gasteiger partial charge in [0.05, 0.1) is 11.1 Å². The second-order valence-corrected chi connectivity index (χ2v) is 7.17. The SMILES string of the molecule is Cc1ccc(C(F)(F)F)cc1Br.FC(F)(F)c1ccc(CBr)c(Br)c1. The molecule has 0 fully saturated rings. The normalized spacial score (nSPS) is 11.8. The minimum atomic E-state index is -4.27. The molecule has 0 aliphatic rings. The Balaban J connectivity index is 0.000000251. The number of alkyl halides is 7. The Labute approximate surface area is 166 Å². The molecule has 0 saturated carbocycles. The van der Waals surface area contributed by atoms with Crippen LogP contribution in [0.3, 0.4) is 0 Å². The second kappa shape index (κ2) is 8.90. The summed E-state index contributed by atoms with van der Waals surface area (Å²) in [5, 5.41) is 0.533. The summed E-state index contributed by atoms with van der Waals surface area (Å²) in [6.07, 6.45) is -8.52. The molecule has 0 unspecified atom stereocenters. The summed E-state index contributed by atoms with van der Waals surface area (Å²) in [6.45, 7) is 1.74. The number of aryl methyl sites for hydroxylation is 1. The Hall–Kier alpha value is -0.540. The standard InChI is InChI=1S/C8H5Br2F3.C8H6BrF3/c9-4-5-1-2-6(3-7(5)10)8(11,12)13;1-5-2-3-6(4-7(5)9)8(10,11)12/h1-3H,4H2;2-4H,1H3. The lowest BCUT2D eigenvalue weighted by molar-refractivity contribution is -0.138. The summed E-state index contributed by atoms with van der Waals surface area (Å²) in [4.78, 5) is 0. The molecule has 2 aromatic carbocycles. The Morgan fingerprint density at radius 2 is 1.20 bits per heavy atom. The molecule has 25 heavy (non-hydrogen) atoms. The molecule has 9 heteroatoms. The maximum atomic E-state index is 12.2. The molecule has 0 aliphatic heterocycles. The van der Waals surface area contributed by atoms with Crippen molar-refractivity contribution in [2.75, 3.05) is 0 Å². The first-order chi connectivity index (χ1) is 11.4. The predicted molar refractivity (Wildman–Crippen MR) is 95.7 cm³/mol. The summed E-state index contributed by atoms with van der Waals surface area (Å²) in [6, 6.07) is 7.18. The third-order valence-corrected chi connectivity index (χ3v) is 5.22. The summed E-state index contributed by atoms with van der Waals surface area (Å²) in [7, 11) is 0. The monoisotopic (exact) mass is 554 g/mol. The van der Waals surface area contributed by atoms with Crippen LogP contribution in [0.2, 0.25) is 0 Å². The van der Waals surface area contributed by atoms with Gasteiger partial charge < -0.3 is 0 Å². The van der Waals surface area contributed by atoms with Crippen molar-refractivity contribution in [2.24, 2.45) is 0 Å². The topological polar surface area (TPSA) is 0 Å². The number of rotatable bonds is 1. The summed E-state index contributed by atoms with van der Waals surface area (Å²) in [5.74, 6) is 0. The first kappa shape index (κ1) is 22.5. The van der Waals surface area contributed by atoms with E-state index >= 15 is 0 Å². The third-order valence-electron chi connectivity index (χ3n) is 3.02. The van der Waals surface area contributed by atoms with E-state index in [9.17, 15) is 26.3 Å². The van der Waals surface area contributed by atoms with Crippen molar-refractivity contribution in [1.82, 2.24) is 0 Å². The molecule has 0 aromatic heterocycles. The van der Waals surface area contributed by atoms with Crippen LogP contribution in [0.5, 0.6) is 0 Å². The van der Waals surface area contributed by atoms with Gasteiger partial charge in [0.2, 0.25) is 0 Å². The van der Waals surface area contributed by atoms with Crippen molar-refractivity contribution in [3.63, 3.8) is 0 Å². The maximum absolute atomic E-state index is 12.2. The van der Waals surface area contributed by atoms with Gasteiger partial charge in [0.15, 0.2) is 0 Å². The Morgan fingerprint density at radius 3 is 1.56 bits per heavy atom. The van der Waals surface area contributed by atoms with Crippen molar-refractivity contribution in [1.29, 1.82) is 0 Å². The summed E-state index contributed by atoms with van der Waals surface area (Å²) in [5.41, 5.74) is 0.333. The molecular weight excluding hydrogens is 546 g/mol. The van der Waals surface area contributed by atoms with Gasteiger partial charge in [0.1, 0.15) is 0 Å². The molecule has 2 rings (SSSR count). The van der Waals surface area contributed by atoms with Crippen LogP contribution in [0.25, 0.3) is 0 Å². The molecule has 0 spiro atoms. The van der Waals surface area contributed by atoms with Gasteiger partial charge in [0.25, 0.3) is 0 Å². The van der Waals surface area contributed by atoms with Gasteiger partial charge in [-0.05, 0) is 42.3 Å². The van der Waals surface area contributed by atoms with E-state index in [4.69, 9.17) is 0 Å². The van der Waals surface area contributed by atoms with Crippen LogP contribution in [0.4, 0.5) is 26.3 Å². The number of hydrogen-bond donors (Lipinski definition) is 0. The molecule has 0 saturated heterocycles. The molecule has 0 nitrogen and oxygen atoms in total. The number of hydrogen-bond acceptors (Lipinski definition) is 0. The highest BCUT2D eigenvalue weighted by molar-refractivity contribution is 9.11. The average molecular weight is 557 g/mol.